The smallest absolute Gasteiger partial charge is 0.260 e. The summed E-state index contributed by atoms with van der Waals surface area (Å²) in [6.07, 6.45) is 1.86. The molecule has 0 aliphatic rings. The van der Waals surface area contributed by atoms with Gasteiger partial charge in [0.2, 0.25) is 0 Å². The molecule has 0 fully saturated rings. The SMILES string of the molecule is CCc1ccc2nc(N(CCCN(C)C)C(=O)c3ccc(Cl)cc3)sc2c1. The minimum Gasteiger partial charge on any atom is -0.309 e. The average molecular weight is 402 g/mol. The molecule has 27 heavy (non-hydrogen) atoms. The number of aryl methyl sites for hydroxylation is 1. The first-order valence-corrected chi connectivity index (χ1v) is 10.3. The lowest BCUT2D eigenvalue weighted by molar-refractivity contribution is 0.0986. The first kappa shape index (κ1) is 19.8. The molecular weight excluding hydrogens is 378 g/mol. The molecule has 0 aliphatic carbocycles. The minimum atomic E-state index is -0.0415. The molecule has 0 radical (unpaired) electrons. The normalized spacial score (nSPS) is 11.3. The predicted molar refractivity (Wildman–Crippen MR) is 115 cm³/mol. The van der Waals surface area contributed by atoms with Crippen molar-refractivity contribution >= 4 is 44.2 Å². The van der Waals surface area contributed by atoms with Gasteiger partial charge in [-0.3, -0.25) is 9.69 Å². The standard InChI is InChI=1S/C21H24ClN3OS/c1-4-15-6-11-18-19(14-15)27-21(23-18)25(13-5-12-24(2)3)20(26)16-7-9-17(22)10-8-16/h6-11,14H,4-5,12-13H2,1-3H3. The summed E-state index contributed by atoms with van der Waals surface area (Å²) in [6, 6.07) is 13.3. The Morgan fingerprint density at radius 2 is 1.85 bits per heavy atom. The molecule has 0 unspecified atom stereocenters. The third-order valence-electron chi connectivity index (χ3n) is 4.40. The second-order valence-electron chi connectivity index (χ2n) is 6.77. The van der Waals surface area contributed by atoms with Gasteiger partial charge in [0.05, 0.1) is 10.2 Å². The van der Waals surface area contributed by atoms with Crippen molar-refractivity contribution in [3.8, 4) is 0 Å². The number of carbonyl (C=O) groups is 1. The van der Waals surface area contributed by atoms with E-state index in [0.29, 0.717) is 17.1 Å². The molecule has 0 spiro atoms. The molecule has 3 aromatic rings. The number of thiazole rings is 1. The summed E-state index contributed by atoms with van der Waals surface area (Å²) < 4.78 is 1.12. The van der Waals surface area contributed by atoms with Crippen LogP contribution in [0.1, 0.15) is 29.3 Å². The number of halogens is 1. The molecule has 0 saturated carbocycles. The van der Waals surface area contributed by atoms with Gasteiger partial charge in [0.1, 0.15) is 0 Å². The van der Waals surface area contributed by atoms with Gasteiger partial charge >= 0.3 is 0 Å². The number of rotatable bonds is 7. The number of carbonyl (C=O) groups excluding carboxylic acids is 1. The highest BCUT2D eigenvalue weighted by atomic mass is 35.5. The Labute approximate surface area is 169 Å². The summed E-state index contributed by atoms with van der Waals surface area (Å²) in [4.78, 5) is 21.8. The van der Waals surface area contributed by atoms with Gasteiger partial charge in [0, 0.05) is 17.1 Å². The van der Waals surface area contributed by atoms with E-state index in [1.165, 1.54) is 5.56 Å². The van der Waals surface area contributed by atoms with E-state index in [2.05, 4.69) is 24.0 Å². The molecule has 0 bridgehead atoms. The van der Waals surface area contributed by atoms with Crippen LogP contribution in [0.2, 0.25) is 5.02 Å². The summed E-state index contributed by atoms with van der Waals surface area (Å²) in [6.45, 7) is 3.68. The fraction of sp³-hybridized carbons (Fsp3) is 0.333. The van der Waals surface area contributed by atoms with Crippen LogP contribution >= 0.6 is 22.9 Å². The van der Waals surface area contributed by atoms with Crippen LogP contribution in [0.3, 0.4) is 0 Å². The predicted octanol–water partition coefficient (Wildman–Crippen LogP) is 5.11. The highest BCUT2D eigenvalue weighted by Crippen LogP contribution is 2.31. The van der Waals surface area contributed by atoms with Crippen LogP contribution < -0.4 is 4.90 Å². The Balaban J connectivity index is 1.93. The average Bonchev–Trinajstić information content (AvgIpc) is 3.07. The van der Waals surface area contributed by atoms with Gasteiger partial charge in [-0.1, -0.05) is 35.9 Å². The number of hydrogen-bond acceptors (Lipinski definition) is 4. The van der Waals surface area contributed by atoms with Crippen LogP contribution in [0.25, 0.3) is 10.2 Å². The summed E-state index contributed by atoms with van der Waals surface area (Å²) in [5, 5.41) is 1.37. The molecule has 1 aromatic heterocycles. The van der Waals surface area contributed by atoms with Crippen LogP contribution in [-0.2, 0) is 6.42 Å². The molecule has 1 heterocycles. The maximum Gasteiger partial charge on any atom is 0.260 e. The molecule has 0 atom stereocenters. The molecule has 0 N–H and O–H groups in total. The monoisotopic (exact) mass is 401 g/mol. The number of fused-ring (bicyclic) bond motifs is 1. The third-order valence-corrected chi connectivity index (χ3v) is 5.70. The molecule has 142 valence electrons. The van der Waals surface area contributed by atoms with E-state index < -0.39 is 0 Å². The number of anilines is 1. The zero-order valence-corrected chi connectivity index (χ0v) is 17.5. The largest absolute Gasteiger partial charge is 0.309 e. The van der Waals surface area contributed by atoms with Crippen molar-refractivity contribution in [3.63, 3.8) is 0 Å². The van der Waals surface area contributed by atoms with Crippen molar-refractivity contribution in [1.29, 1.82) is 0 Å². The van der Waals surface area contributed by atoms with E-state index in [-0.39, 0.29) is 5.91 Å². The molecule has 0 saturated heterocycles. The number of hydrogen-bond donors (Lipinski definition) is 0. The van der Waals surface area contributed by atoms with Gasteiger partial charge in [0.25, 0.3) is 5.91 Å². The molecule has 4 nitrogen and oxygen atoms in total. The lowest BCUT2D eigenvalue weighted by atomic mass is 10.2. The first-order chi connectivity index (χ1) is 13.0. The van der Waals surface area contributed by atoms with Crippen molar-refractivity contribution in [2.24, 2.45) is 0 Å². The third kappa shape index (κ3) is 4.86. The molecule has 3 rings (SSSR count). The molecular formula is C21H24ClN3OS. The van der Waals surface area contributed by atoms with E-state index in [1.54, 1.807) is 40.5 Å². The van der Waals surface area contributed by atoms with E-state index >= 15 is 0 Å². The Morgan fingerprint density at radius 3 is 2.52 bits per heavy atom. The van der Waals surface area contributed by atoms with Crippen LogP contribution in [0.4, 0.5) is 5.13 Å². The maximum atomic E-state index is 13.2. The van der Waals surface area contributed by atoms with Crippen molar-refractivity contribution in [1.82, 2.24) is 9.88 Å². The van der Waals surface area contributed by atoms with E-state index in [1.807, 2.05) is 20.2 Å². The van der Waals surface area contributed by atoms with Gasteiger partial charge < -0.3 is 4.90 Å². The van der Waals surface area contributed by atoms with Crippen molar-refractivity contribution in [3.05, 3.63) is 58.6 Å². The Kier molecular flexibility index (Phi) is 6.47. The second-order valence-corrected chi connectivity index (χ2v) is 8.22. The summed E-state index contributed by atoms with van der Waals surface area (Å²) in [5.41, 5.74) is 2.84. The molecule has 0 aliphatic heterocycles. The summed E-state index contributed by atoms with van der Waals surface area (Å²) in [7, 11) is 4.07. The van der Waals surface area contributed by atoms with E-state index in [0.717, 1.165) is 34.7 Å². The summed E-state index contributed by atoms with van der Waals surface area (Å²) in [5.74, 6) is -0.0415. The van der Waals surface area contributed by atoms with Gasteiger partial charge in [0.15, 0.2) is 5.13 Å². The number of nitrogens with zero attached hydrogens (tertiary/aromatic N) is 3. The van der Waals surface area contributed by atoms with Crippen LogP contribution in [0.15, 0.2) is 42.5 Å². The maximum absolute atomic E-state index is 13.2. The number of aromatic nitrogens is 1. The highest BCUT2D eigenvalue weighted by molar-refractivity contribution is 7.22. The second kappa shape index (κ2) is 8.83. The fourth-order valence-corrected chi connectivity index (χ4v) is 4.05. The van der Waals surface area contributed by atoms with Crippen molar-refractivity contribution in [2.75, 3.05) is 32.1 Å². The van der Waals surface area contributed by atoms with Crippen molar-refractivity contribution in [2.45, 2.75) is 19.8 Å². The van der Waals surface area contributed by atoms with Gasteiger partial charge in [-0.15, -0.1) is 0 Å². The highest BCUT2D eigenvalue weighted by Gasteiger charge is 2.21. The lowest BCUT2D eigenvalue weighted by Crippen LogP contribution is -2.33. The first-order valence-electron chi connectivity index (χ1n) is 9.09. The van der Waals surface area contributed by atoms with Gasteiger partial charge in [-0.2, -0.15) is 0 Å². The lowest BCUT2D eigenvalue weighted by Gasteiger charge is -2.21. The molecule has 2 aromatic carbocycles. The Morgan fingerprint density at radius 1 is 1.11 bits per heavy atom. The summed E-state index contributed by atoms with van der Waals surface area (Å²) >= 11 is 7.55. The van der Waals surface area contributed by atoms with E-state index in [9.17, 15) is 4.79 Å². The topological polar surface area (TPSA) is 36.4 Å². The van der Waals surface area contributed by atoms with Gasteiger partial charge in [-0.05, 0) is 75.4 Å². The Bertz CT molecular complexity index is 921. The van der Waals surface area contributed by atoms with Crippen LogP contribution in [-0.4, -0.2) is 43.0 Å². The minimum absolute atomic E-state index is 0.0415. The van der Waals surface area contributed by atoms with Gasteiger partial charge in [-0.25, -0.2) is 4.98 Å². The quantitative estimate of drug-likeness (QED) is 0.551. The molecule has 1 amide bonds. The van der Waals surface area contributed by atoms with Crippen molar-refractivity contribution < 1.29 is 4.79 Å². The van der Waals surface area contributed by atoms with Crippen LogP contribution in [0, 0.1) is 0 Å². The zero-order chi connectivity index (χ0) is 19.4. The van der Waals surface area contributed by atoms with Crippen LogP contribution in [0.5, 0.6) is 0 Å². The zero-order valence-electron chi connectivity index (χ0n) is 15.9. The molecule has 6 heteroatoms. The number of benzene rings is 2. The number of amides is 1. The Hall–Kier alpha value is -1.95. The fourth-order valence-electron chi connectivity index (χ4n) is 2.87. The van der Waals surface area contributed by atoms with E-state index in [4.69, 9.17) is 16.6 Å².